The van der Waals surface area contributed by atoms with E-state index in [-0.39, 0.29) is 5.69 Å². The molecular formula is C10H16N4O3. The van der Waals surface area contributed by atoms with E-state index in [0.29, 0.717) is 12.6 Å². The first-order valence-corrected chi connectivity index (χ1v) is 5.70. The number of carboxylic acid groups (broad SMARTS) is 1. The number of ether oxygens (including phenoxy) is 1. The Hall–Kier alpha value is -1.47. The second-order valence-corrected chi connectivity index (χ2v) is 4.01. The van der Waals surface area contributed by atoms with E-state index in [4.69, 9.17) is 9.84 Å². The van der Waals surface area contributed by atoms with E-state index in [2.05, 4.69) is 15.6 Å². The molecule has 0 aliphatic carbocycles. The van der Waals surface area contributed by atoms with Crippen LogP contribution in [0.1, 0.15) is 23.3 Å². The minimum Gasteiger partial charge on any atom is -0.476 e. The Balaban J connectivity index is 1.71. The fraction of sp³-hybridized carbons (Fsp3) is 0.700. The minimum atomic E-state index is -1.05. The van der Waals surface area contributed by atoms with Crippen molar-refractivity contribution in [3.05, 3.63) is 11.9 Å². The van der Waals surface area contributed by atoms with Crippen LogP contribution in [-0.2, 0) is 11.3 Å². The van der Waals surface area contributed by atoms with E-state index in [1.54, 1.807) is 0 Å². The number of nitrogens with one attached hydrogen (secondary N) is 1. The molecule has 1 saturated heterocycles. The molecule has 1 aliphatic heterocycles. The highest BCUT2D eigenvalue weighted by Crippen LogP contribution is 2.05. The average Bonchev–Trinajstić information content (AvgIpc) is 2.79. The molecule has 0 atom stereocenters. The summed E-state index contributed by atoms with van der Waals surface area (Å²) in [7, 11) is 0. The van der Waals surface area contributed by atoms with Gasteiger partial charge in [-0.25, -0.2) is 4.79 Å². The molecule has 7 heteroatoms. The van der Waals surface area contributed by atoms with Gasteiger partial charge in [-0.2, -0.15) is 0 Å². The number of rotatable bonds is 5. The zero-order valence-corrected chi connectivity index (χ0v) is 9.50. The van der Waals surface area contributed by atoms with Gasteiger partial charge < -0.3 is 15.2 Å². The molecule has 0 aromatic carbocycles. The van der Waals surface area contributed by atoms with Crippen molar-refractivity contribution in [2.24, 2.45) is 0 Å². The summed E-state index contributed by atoms with van der Waals surface area (Å²) >= 11 is 0. The summed E-state index contributed by atoms with van der Waals surface area (Å²) < 4.78 is 6.80. The summed E-state index contributed by atoms with van der Waals surface area (Å²) in [4.78, 5) is 10.6. The zero-order chi connectivity index (χ0) is 12.1. The SMILES string of the molecule is O=C(O)c1cn(CCNC2CCOCC2)nn1. The normalized spacial score (nSPS) is 17.2. The Morgan fingerprint density at radius 3 is 3.00 bits per heavy atom. The highest BCUT2D eigenvalue weighted by Gasteiger charge is 2.13. The summed E-state index contributed by atoms with van der Waals surface area (Å²) in [5.41, 5.74) is -0.0175. The van der Waals surface area contributed by atoms with Gasteiger partial charge in [0.25, 0.3) is 0 Å². The maximum absolute atomic E-state index is 10.6. The first kappa shape index (κ1) is 12.0. The molecule has 0 saturated carbocycles. The van der Waals surface area contributed by atoms with Crippen molar-refractivity contribution in [2.75, 3.05) is 19.8 Å². The minimum absolute atomic E-state index is 0.0175. The molecule has 1 aromatic heterocycles. The third-order valence-electron chi connectivity index (χ3n) is 2.75. The van der Waals surface area contributed by atoms with Crippen molar-refractivity contribution >= 4 is 5.97 Å². The van der Waals surface area contributed by atoms with Crippen LogP contribution < -0.4 is 5.32 Å². The maximum Gasteiger partial charge on any atom is 0.358 e. The molecule has 17 heavy (non-hydrogen) atoms. The molecule has 0 radical (unpaired) electrons. The second kappa shape index (κ2) is 5.74. The van der Waals surface area contributed by atoms with Crippen LogP contribution >= 0.6 is 0 Å². The van der Waals surface area contributed by atoms with Gasteiger partial charge in [-0.3, -0.25) is 4.68 Å². The molecule has 2 N–H and O–H groups in total. The lowest BCUT2D eigenvalue weighted by Gasteiger charge is -2.23. The van der Waals surface area contributed by atoms with Crippen LogP contribution in [0.2, 0.25) is 0 Å². The molecule has 7 nitrogen and oxygen atoms in total. The molecule has 1 aromatic rings. The van der Waals surface area contributed by atoms with Crippen LogP contribution in [0.4, 0.5) is 0 Å². The number of carbonyl (C=O) groups is 1. The van der Waals surface area contributed by atoms with Gasteiger partial charge in [-0.05, 0) is 12.8 Å². The lowest BCUT2D eigenvalue weighted by atomic mass is 10.1. The Kier molecular flexibility index (Phi) is 4.05. The van der Waals surface area contributed by atoms with E-state index in [9.17, 15) is 4.79 Å². The summed E-state index contributed by atoms with van der Waals surface area (Å²) in [6.07, 6.45) is 3.49. The number of carboxylic acids is 1. The zero-order valence-electron chi connectivity index (χ0n) is 9.50. The fourth-order valence-electron chi connectivity index (χ4n) is 1.79. The van der Waals surface area contributed by atoms with E-state index in [1.165, 1.54) is 10.9 Å². The molecule has 2 rings (SSSR count). The van der Waals surface area contributed by atoms with Gasteiger partial charge in [0.1, 0.15) is 0 Å². The first-order valence-electron chi connectivity index (χ1n) is 5.70. The lowest BCUT2D eigenvalue weighted by molar-refractivity contribution is 0.0690. The van der Waals surface area contributed by atoms with Crippen molar-refractivity contribution in [2.45, 2.75) is 25.4 Å². The van der Waals surface area contributed by atoms with Crippen LogP contribution in [0.25, 0.3) is 0 Å². The topological polar surface area (TPSA) is 89.3 Å². The lowest BCUT2D eigenvalue weighted by Crippen LogP contribution is -2.36. The quantitative estimate of drug-likeness (QED) is 0.737. The van der Waals surface area contributed by atoms with E-state index < -0.39 is 5.97 Å². The maximum atomic E-state index is 10.6. The Morgan fingerprint density at radius 2 is 2.35 bits per heavy atom. The average molecular weight is 240 g/mol. The van der Waals surface area contributed by atoms with Crippen LogP contribution in [0.5, 0.6) is 0 Å². The third kappa shape index (κ3) is 3.50. The van der Waals surface area contributed by atoms with Crippen molar-refractivity contribution in [1.82, 2.24) is 20.3 Å². The van der Waals surface area contributed by atoms with Crippen molar-refractivity contribution in [3.63, 3.8) is 0 Å². The van der Waals surface area contributed by atoms with Crippen LogP contribution in [-0.4, -0.2) is 51.9 Å². The predicted octanol–water partition coefficient (Wildman–Crippen LogP) is -0.255. The fourth-order valence-corrected chi connectivity index (χ4v) is 1.79. The Labute approximate surface area is 98.8 Å². The predicted molar refractivity (Wildman–Crippen MR) is 58.8 cm³/mol. The molecule has 2 heterocycles. The molecule has 94 valence electrons. The molecule has 1 aliphatic rings. The third-order valence-corrected chi connectivity index (χ3v) is 2.75. The molecule has 0 spiro atoms. The highest BCUT2D eigenvalue weighted by molar-refractivity contribution is 5.84. The standard InChI is InChI=1S/C10H16N4O3/c15-10(16)9-7-14(13-12-9)4-3-11-8-1-5-17-6-2-8/h7-8,11H,1-6H2,(H,15,16). The summed E-state index contributed by atoms with van der Waals surface area (Å²) in [5, 5.41) is 19.4. The molecule has 0 unspecified atom stereocenters. The van der Waals surface area contributed by atoms with Gasteiger partial charge >= 0.3 is 5.97 Å². The molecule has 0 bridgehead atoms. The van der Waals surface area contributed by atoms with E-state index in [1.807, 2.05) is 0 Å². The number of aromatic nitrogens is 3. The monoisotopic (exact) mass is 240 g/mol. The number of hydrogen-bond acceptors (Lipinski definition) is 5. The van der Waals surface area contributed by atoms with Crippen LogP contribution in [0.15, 0.2) is 6.20 Å². The van der Waals surface area contributed by atoms with Crippen molar-refractivity contribution in [1.29, 1.82) is 0 Å². The summed E-state index contributed by atoms with van der Waals surface area (Å²) in [6.45, 7) is 3.00. The molecule has 1 fully saturated rings. The second-order valence-electron chi connectivity index (χ2n) is 4.01. The van der Waals surface area contributed by atoms with Crippen LogP contribution in [0, 0.1) is 0 Å². The van der Waals surface area contributed by atoms with Gasteiger partial charge in [0.15, 0.2) is 5.69 Å². The smallest absolute Gasteiger partial charge is 0.358 e. The van der Waals surface area contributed by atoms with Gasteiger partial charge in [0, 0.05) is 25.8 Å². The van der Waals surface area contributed by atoms with Crippen molar-refractivity contribution in [3.8, 4) is 0 Å². The largest absolute Gasteiger partial charge is 0.476 e. The van der Waals surface area contributed by atoms with Crippen molar-refractivity contribution < 1.29 is 14.6 Å². The highest BCUT2D eigenvalue weighted by atomic mass is 16.5. The van der Waals surface area contributed by atoms with E-state index in [0.717, 1.165) is 32.6 Å². The Morgan fingerprint density at radius 1 is 1.59 bits per heavy atom. The number of nitrogens with zero attached hydrogens (tertiary/aromatic N) is 3. The summed E-state index contributed by atoms with van der Waals surface area (Å²) in [5.74, 6) is -1.05. The van der Waals surface area contributed by atoms with Gasteiger partial charge in [0.2, 0.25) is 0 Å². The van der Waals surface area contributed by atoms with Gasteiger partial charge in [-0.15, -0.1) is 5.10 Å². The number of hydrogen-bond donors (Lipinski definition) is 2. The van der Waals surface area contributed by atoms with Gasteiger partial charge in [0.05, 0.1) is 12.7 Å². The first-order chi connectivity index (χ1) is 8.25. The molecular weight excluding hydrogens is 224 g/mol. The number of aromatic carboxylic acids is 1. The van der Waals surface area contributed by atoms with Gasteiger partial charge in [-0.1, -0.05) is 5.21 Å². The molecule has 0 amide bonds. The Bertz CT molecular complexity index is 373. The summed E-state index contributed by atoms with van der Waals surface area (Å²) in [6, 6.07) is 0.492. The van der Waals surface area contributed by atoms with Crippen LogP contribution in [0.3, 0.4) is 0 Å². The van der Waals surface area contributed by atoms with E-state index >= 15 is 0 Å².